The Balaban J connectivity index is 1.58. The first-order valence-corrected chi connectivity index (χ1v) is 10.8. The summed E-state index contributed by atoms with van der Waals surface area (Å²) in [5.41, 5.74) is 2.28. The molecule has 3 aromatic rings. The van der Waals surface area contributed by atoms with Crippen LogP contribution in [0.2, 0.25) is 0 Å². The smallest absolute Gasteiger partial charge is 0.281 e. The van der Waals surface area contributed by atoms with E-state index >= 15 is 0 Å². The van der Waals surface area contributed by atoms with Gasteiger partial charge in [-0.05, 0) is 53.4 Å². The number of hydrogen-bond acceptors (Lipinski definition) is 7. The number of nitrogens with zero attached hydrogens (tertiary/aromatic N) is 3. The van der Waals surface area contributed by atoms with Gasteiger partial charge in [0, 0.05) is 6.42 Å². The third-order valence-electron chi connectivity index (χ3n) is 5.11. The van der Waals surface area contributed by atoms with E-state index in [0.29, 0.717) is 29.2 Å². The largest absolute Gasteiger partial charge is 0.493 e. The Morgan fingerprint density at radius 2 is 1.94 bits per heavy atom. The summed E-state index contributed by atoms with van der Waals surface area (Å²) in [5.74, 6) is 1.47. The summed E-state index contributed by atoms with van der Waals surface area (Å²) in [5, 5.41) is 17.0. The Hall–Kier alpha value is -3.83. The van der Waals surface area contributed by atoms with Gasteiger partial charge in [0.05, 0.1) is 42.5 Å². The minimum Gasteiger partial charge on any atom is -0.493 e. The molecule has 0 saturated heterocycles. The summed E-state index contributed by atoms with van der Waals surface area (Å²) in [6, 6.07) is 18.0. The highest BCUT2D eigenvalue weighted by Crippen LogP contribution is 2.37. The summed E-state index contributed by atoms with van der Waals surface area (Å²) in [4.78, 5) is 14.1. The van der Waals surface area contributed by atoms with Crippen LogP contribution in [-0.4, -0.2) is 37.5 Å². The molecule has 8 heteroatoms. The maximum absolute atomic E-state index is 13.1. The van der Waals surface area contributed by atoms with Crippen molar-refractivity contribution in [3.8, 4) is 23.3 Å². The molecule has 0 bridgehead atoms. The van der Waals surface area contributed by atoms with E-state index in [4.69, 9.17) is 19.5 Å². The van der Waals surface area contributed by atoms with E-state index in [-0.39, 0.29) is 18.6 Å². The molecule has 1 unspecified atom stereocenters. The van der Waals surface area contributed by atoms with Gasteiger partial charge in [-0.15, -0.1) is 11.3 Å². The van der Waals surface area contributed by atoms with Crippen molar-refractivity contribution in [2.45, 2.75) is 12.5 Å². The van der Waals surface area contributed by atoms with Gasteiger partial charge in [0.1, 0.15) is 5.75 Å². The number of hydrogen-bond donors (Lipinski definition) is 0. The van der Waals surface area contributed by atoms with Crippen molar-refractivity contribution < 1.29 is 19.0 Å². The van der Waals surface area contributed by atoms with Crippen LogP contribution >= 0.6 is 11.3 Å². The fraction of sp³-hybridized carbons (Fsp3) is 0.208. The third kappa shape index (κ3) is 4.43. The highest BCUT2D eigenvalue weighted by atomic mass is 32.1. The van der Waals surface area contributed by atoms with Crippen molar-refractivity contribution in [3.05, 3.63) is 76.0 Å². The minimum atomic E-state index is -0.288. The number of thiophene rings is 1. The number of rotatable bonds is 7. The van der Waals surface area contributed by atoms with Crippen LogP contribution in [0.25, 0.3) is 0 Å². The summed E-state index contributed by atoms with van der Waals surface area (Å²) in [6.45, 7) is -0.170. The van der Waals surface area contributed by atoms with Gasteiger partial charge in [-0.3, -0.25) is 4.79 Å². The third-order valence-corrected chi connectivity index (χ3v) is 6.03. The molecule has 0 spiro atoms. The normalized spacial score (nSPS) is 15.1. The SMILES string of the molecule is COc1ccc(C2CC(c3cccs3)=NN2C(=O)COc2ccc(C#N)cc2)cc1OC. The Labute approximate surface area is 190 Å². The Morgan fingerprint density at radius 3 is 2.59 bits per heavy atom. The van der Waals surface area contributed by atoms with E-state index < -0.39 is 0 Å². The average molecular weight is 448 g/mol. The summed E-state index contributed by atoms with van der Waals surface area (Å²) in [7, 11) is 3.17. The first kappa shape index (κ1) is 21.4. The van der Waals surface area contributed by atoms with Crippen molar-refractivity contribution >= 4 is 23.0 Å². The molecular formula is C24H21N3O4S. The monoisotopic (exact) mass is 447 g/mol. The van der Waals surface area contributed by atoms with E-state index in [1.807, 2.05) is 35.7 Å². The number of benzene rings is 2. The summed E-state index contributed by atoms with van der Waals surface area (Å²) >= 11 is 1.59. The van der Waals surface area contributed by atoms with Crippen LogP contribution in [0.5, 0.6) is 17.2 Å². The zero-order chi connectivity index (χ0) is 22.5. The Bertz CT molecular complexity index is 1170. The van der Waals surface area contributed by atoms with Crippen LogP contribution < -0.4 is 14.2 Å². The Morgan fingerprint density at radius 1 is 1.16 bits per heavy atom. The lowest BCUT2D eigenvalue weighted by atomic mass is 10.0. The molecule has 1 amide bonds. The average Bonchev–Trinajstić information content (AvgIpc) is 3.52. The first-order chi connectivity index (χ1) is 15.6. The second-order valence-corrected chi connectivity index (χ2v) is 7.97. The zero-order valence-corrected chi connectivity index (χ0v) is 18.5. The van der Waals surface area contributed by atoms with Gasteiger partial charge in [0.25, 0.3) is 5.91 Å². The van der Waals surface area contributed by atoms with Crippen molar-refractivity contribution in [2.75, 3.05) is 20.8 Å². The molecule has 0 fully saturated rings. The molecule has 0 saturated carbocycles. The molecule has 7 nitrogen and oxygen atoms in total. The van der Waals surface area contributed by atoms with E-state index in [9.17, 15) is 4.79 Å². The van der Waals surface area contributed by atoms with Crippen molar-refractivity contribution in [3.63, 3.8) is 0 Å². The first-order valence-electron chi connectivity index (χ1n) is 9.91. The van der Waals surface area contributed by atoms with Crippen LogP contribution in [0.1, 0.15) is 28.5 Å². The number of ether oxygens (including phenoxy) is 3. The van der Waals surface area contributed by atoms with Crippen LogP contribution in [0.3, 0.4) is 0 Å². The fourth-order valence-electron chi connectivity index (χ4n) is 3.49. The van der Waals surface area contributed by atoms with Gasteiger partial charge in [-0.25, -0.2) is 5.01 Å². The highest BCUT2D eigenvalue weighted by Gasteiger charge is 2.34. The topological polar surface area (TPSA) is 84.1 Å². The van der Waals surface area contributed by atoms with Gasteiger partial charge in [-0.2, -0.15) is 10.4 Å². The number of nitriles is 1. The number of methoxy groups -OCH3 is 2. The number of carbonyl (C=O) groups excluding carboxylic acids is 1. The molecule has 4 rings (SSSR count). The number of carbonyl (C=O) groups is 1. The summed E-state index contributed by atoms with van der Waals surface area (Å²) in [6.07, 6.45) is 0.582. The predicted molar refractivity (Wildman–Crippen MR) is 121 cm³/mol. The van der Waals surface area contributed by atoms with Gasteiger partial charge >= 0.3 is 0 Å². The lowest BCUT2D eigenvalue weighted by molar-refractivity contribution is -0.135. The molecular weight excluding hydrogens is 426 g/mol. The Kier molecular flexibility index (Phi) is 6.38. The molecule has 2 aromatic carbocycles. The fourth-order valence-corrected chi connectivity index (χ4v) is 4.21. The second-order valence-electron chi connectivity index (χ2n) is 7.02. The predicted octanol–water partition coefficient (Wildman–Crippen LogP) is 4.39. The van der Waals surface area contributed by atoms with Gasteiger partial charge in [0.2, 0.25) is 0 Å². The number of hydrazone groups is 1. The molecule has 1 aliphatic heterocycles. The van der Waals surface area contributed by atoms with Crippen LogP contribution in [0.15, 0.2) is 65.1 Å². The number of amides is 1. The van der Waals surface area contributed by atoms with E-state index in [0.717, 1.165) is 16.2 Å². The van der Waals surface area contributed by atoms with Crippen LogP contribution in [-0.2, 0) is 4.79 Å². The summed E-state index contributed by atoms with van der Waals surface area (Å²) < 4.78 is 16.4. The minimum absolute atomic E-state index is 0.170. The quantitative estimate of drug-likeness (QED) is 0.536. The second kappa shape index (κ2) is 9.54. The molecule has 32 heavy (non-hydrogen) atoms. The molecule has 1 aliphatic rings. The van der Waals surface area contributed by atoms with Gasteiger partial charge < -0.3 is 14.2 Å². The van der Waals surface area contributed by atoms with Crippen molar-refractivity contribution in [2.24, 2.45) is 5.10 Å². The van der Waals surface area contributed by atoms with Gasteiger partial charge in [-0.1, -0.05) is 12.1 Å². The van der Waals surface area contributed by atoms with Crippen LogP contribution in [0, 0.1) is 11.3 Å². The molecule has 162 valence electrons. The molecule has 1 atom stereocenters. The standard InChI is InChI=1S/C24H21N3O4S/c1-29-21-10-7-17(12-22(21)30-2)20-13-19(23-4-3-11-32-23)26-27(20)24(28)15-31-18-8-5-16(14-25)6-9-18/h3-12,20H,13,15H2,1-2H3. The maximum atomic E-state index is 13.1. The van der Waals surface area contributed by atoms with Crippen molar-refractivity contribution in [1.82, 2.24) is 5.01 Å². The lowest BCUT2D eigenvalue weighted by Gasteiger charge is -2.23. The van der Waals surface area contributed by atoms with E-state index in [1.54, 1.807) is 49.8 Å². The maximum Gasteiger partial charge on any atom is 0.281 e. The van der Waals surface area contributed by atoms with Crippen molar-refractivity contribution in [1.29, 1.82) is 5.26 Å². The molecule has 2 heterocycles. The molecule has 0 aliphatic carbocycles. The highest BCUT2D eigenvalue weighted by molar-refractivity contribution is 7.12. The molecule has 0 radical (unpaired) electrons. The lowest BCUT2D eigenvalue weighted by Crippen LogP contribution is -2.31. The van der Waals surface area contributed by atoms with Gasteiger partial charge in [0.15, 0.2) is 18.1 Å². The van der Waals surface area contributed by atoms with E-state index in [2.05, 4.69) is 11.2 Å². The van der Waals surface area contributed by atoms with Crippen LogP contribution in [0.4, 0.5) is 0 Å². The molecule has 1 aromatic heterocycles. The molecule has 0 N–H and O–H groups in total. The zero-order valence-electron chi connectivity index (χ0n) is 17.6. The van der Waals surface area contributed by atoms with E-state index in [1.165, 1.54) is 5.01 Å².